The van der Waals surface area contributed by atoms with Crippen LogP contribution in [0.2, 0.25) is 0 Å². The molecule has 0 aliphatic rings. The molecule has 14 heavy (non-hydrogen) atoms. The summed E-state index contributed by atoms with van der Waals surface area (Å²) in [5.41, 5.74) is 0. The molecule has 0 aromatic heterocycles. The van der Waals surface area contributed by atoms with Crippen LogP contribution in [0.3, 0.4) is 0 Å². The van der Waals surface area contributed by atoms with E-state index >= 15 is 0 Å². The molecule has 0 rings (SSSR count). The summed E-state index contributed by atoms with van der Waals surface area (Å²) in [5.74, 6) is -0.182. The largest absolute Gasteiger partial charge is 0.468 e. The molecule has 0 fully saturated rings. The molecule has 0 aliphatic heterocycles. The Hall–Kier alpha value is -0.610. The predicted octanol–water partition coefficient (Wildman–Crippen LogP) is 0.478. The fraction of sp³-hybridized carbons (Fsp3) is 0.900. The van der Waals surface area contributed by atoms with Crippen molar-refractivity contribution in [3.8, 4) is 0 Å². The van der Waals surface area contributed by atoms with Gasteiger partial charge in [0.05, 0.1) is 7.11 Å². The summed E-state index contributed by atoms with van der Waals surface area (Å²) in [7, 11) is 5.44. The zero-order valence-corrected chi connectivity index (χ0v) is 9.83. The highest BCUT2D eigenvalue weighted by Gasteiger charge is 2.18. The third-order valence-corrected chi connectivity index (χ3v) is 2.02. The summed E-state index contributed by atoms with van der Waals surface area (Å²) in [4.78, 5) is 13.4. The Balaban J connectivity index is 3.98. The summed E-state index contributed by atoms with van der Waals surface area (Å²) in [6.45, 7) is 4.94. The van der Waals surface area contributed by atoms with Crippen molar-refractivity contribution in [3.63, 3.8) is 0 Å². The monoisotopic (exact) mass is 202 g/mol. The summed E-state index contributed by atoms with van der Waals surface area (Å²) in [6, 6.07) is 0.101. The van der Waals surface area contributed by atoms with Gasteiger partial charge in [-0.15, -0.1) is 0 Å². The third-order valence-electron chi connectivity index (χ3n) is 2.02. The summed E-state index contributed by atoms with van der Waals surface area (Å²) >= 11 is 0. The van der Waals surface area contributed by atoms with Gasteiger partial charge in [0.2, 0.25) is 0 Å². The third kappa shape index (κ3) is 5.19. The van der Waals surface area contributed by atoms with Crippen molar-refractivity contribution in [2.24, 2.45) is 0 Å². The minimum Gasteiger partial charge on any atom is -0.468 e. The molecule has 0 aromatic rings. The van der Waals surface area contributed by atoms with E-state index in [1.165, 1.54) is 7.11 Å². The van der Waals surface area contributed by atoms with Gasteiger partial charge in [0.1, 0.15) is 6.04 Å². The molecule has 0 bridgehead atoms. The highest BCUT2D eigenvalue weighted by molar-refractivity contribution is 5.75. The van der Waals surface area contributed by atoms with Crippen LogP contribution < -0.4 is 5.32 Å². The van der Waals surface area contributed by atoms with E-state index in [9.17, 15) is 4.79 Å². The maximum Gasteiger partial charge on any atom is 0.322 e. The number of nitrogens with zero attached hydrogens (tertiary/aromatic N) is 1. The van der Waals surface area contributed by atoms with Crippen molar-refractivity contribution in [3.05, 3.63) is 0 Å². The molecule has 0 radical (unpaired) electrons. The molecule has 4 nitrogen and oxygen atoms in total. The summed E-state index contributed by atoms with van der Waals surface area (Å²) in [5, 5.41) is 3.23. The van der Waals surface area contributed by atoms with E-state index in [0.29, 0.717) is 0 Å². The Morgan fingerprint density at radius 3 is 2.43 bits per heavy atom. The van der Waals surface area contributed by atoms with Crippen LogP contribution in [0.4, 0.5) is 0 Å². The number of carbonyl (C=O) groups excluding carboxylic acids is 1. The number of carbonyl (C=O) groups is 1. The van der Waals surface area contributed by atoms with Crippen LogP contribution in [0.1, 0.15) is 20.3 Å². The average molecular weight is 202 g/mol. The molecule has 2 unspecified atom stereocenters. The first-order chi connectivity index (χ1) is 6.51. The molecule has 4 heteroatoms. The molecule has 1 N–H and O–H groups in total. The van der Waals surface area contributed by atoms with Crippen LogP contribution in [-0.4, -0.2) is 50.7 Å². The SMILES string of the molecule is CCC(NC(C)CN(C)C)C(=O)OC. The van der Waals surface area contributed by atoms with Gasteiger partial charge in [0, 0.05) is 12.6 Å². The van der Waals surface area contributed by atoms with Gasteiger partial charge < -0.3 is 15.0 Å². The van der Waals surface area contributed by atoms with E-state index in [0.717, 1.165) is 13.0 Å². The Labute approximate surface area is 86.6 Å². The molecule has 0 amide bonds. The Kier molecular flexibility index (Phi) is 6.49. The Morgan fingerprint density at radius 1 is 1.50 bits per heavy atom. The lowest BCUT2D eigenvalue weighted by molar-refractivity contribution is -0.143. The van der Waals surface area contributed by atoms with E-state index in [4.69, 9.17) is 4.74 Å². The van der Waals surface area contributed by atoms with Crippen molar-refractivity contribution in [2.45, 2.75) is 32.4 Å². The van der Waals surface area contributed by atoms with E-state index in [1.807, 2.05) is 21.0 Å². The second-order valence-corrected chi connectivity index (χ2v) is 3.81. The number of esters is 1. The molecular formula is C10H22N2O2. The van der Waals surface area contributed by atoms with E-state index in [1.54, 1.807) is 0 Å². The smallest absolute Gasteiger partial charge is 0.322 e. The summed E-state index contributed by atoms with van der Waals surface area (Å²) in [6.07, 6.45) is 0.754. The van der Waals surface area contributed by atoms with Crippen molar-refractivity contribution in [2.75, 3.05) is 27.7 Å². The Bertz CT molecular complexity index is 172. The van der Waals surface area contributed by atoms with Crippen LogP contribution in [0.25, 0.3) is 0 Å². The minimum absolute atomic E-state index is 0.182. The first-order valence-corrected chi connectivity index (χ1v) is 4.99. The maximum absolute atomic E-state index is 11.3. The molecule has 0 saturated heterocycles. The van der Waals surface area contributed by atoms with Crippen LogP contribution in [0.5, 0.6) is 0 Å². The number of likely N-dealkylation sites (N-methyl/N-ethyl adjacent to an activating group) is 1. The molecular weight excluding hydrogens is 180 g/mol. The number of methoxy groups -OCH3 is 1. The Morgan fingerprint density at radius 2 is 2.07 bits per heavy atom. The fourth-order valence-electron chi connectivity index (χ4n) is 1.44. The van der Waals surface area contributed by atoms with Gasteiger partial charge in [-0.2, -0.15) is 0 Å². The minimum atomic E-state index is -0.185. The number of ether oxygens (including phenoxy) is 1. The second-order valence-electron chi connectivity index (χ2n) is 3.81. The van der Waals surface area contributed by atoms with E-state index in [2.05, 4.69) is 17.1 Å². The molecule has 84 valence electrons. The van der Waals surface area contributed by atoms with Crippen molar-refractivity contribution in [1.29, 1.82) is 0 Å². The lowest BCUT2D eigenvalue weighted by atomic mass is 10.2. The van der Waals surface area contributed by atoms with Gasteiger partial charge in [-0.1, -0.05) is 6.92 Å². The molecule has 0 heterocycles. The lowest BCUT2D eigenvalue weighted by Gasteiger charge is -2.22. The highest BCUT2D eigenvalue weighted by atomic mass is 16.5. The van der Waals surface area contributed by atoms with Crippen LogP contribution in [0, 0.1) is 0 Å². The van der Waals surface area contributed by atoms with Crippen LogP contribution >= 0.6 is 0 Å². The predicted molar refractivity (Wildman–Crippen MR) is 57.2 cm³/mol. The van der Waals surface area contributed by atoms with Crippen molar-refractivity contribution >= 4 is 5.97 Å². The highest BCUT2D eigenvalue weighted by Crippen LogP contribution is 1.97. The van der Waals surface area contributed by atoms with Crippen LogP contribution in [0.15, 0.2) is 0 Å². The summed E-state index contributed by atoms with van der Waals surface area (Å²) < 4.78 is 4.69. The van der Waals surface area contributed by atoms with E-state index in [-0.39, 0.29) is 18.1 Å². The lowest BCUT2D eigenvalue weighted by Crippen LogP contribution is -2.46. The molecule has 0 aromatic carbocycles. The standard InChI is InChI=1S/C10H22N2O2/c1-6-9(10(13)14-5)11-8(2)7-12(3)4/h8-9,11H,6-7H2,1-5H3. The van der Waals surface area contributed by atoms with Crippen LogP contribution in [-0.2, 0) is 9.53 Å². The zero-order chi connectivity index (χ0) is 11.1. The van der Waals surface area contributed by atoms with Gasteiger partial charge in [-0.25, -0.2) is 0 Å². The number of hydrogen-bond acceptors (Lipinski definition) is 4. The number of rotatable bonds is 6. The molecule has 2 atom stereocenters. The topological polar surface area (TPSA) is 41.6 Å². The van der Waals surface area contributed by atoms with Crippen molar-refractivity contribution in [1.82, 2.24) is 10.2 Å². The maximum atomic E-state index is 11.3. The number of hydrogen-bond donors (Lipinski definition) is 1. The normalized spacial score (nSPS) is 15.3. The molecule has 0 saturated carbocycles. The molecule has 0 spiro atoms. The van der Waals surface area contributed by atoms with Gasteiger partial charge in [-0.05, 0) is 27.4 Å². The quantitative estimate of drug-likeness (QED) is 0.636. The van der Waals surface area contributed by atoms with Gasteiger partial charge in [-0.3, -0.25) is 4.79 Å². The van der Waals surface area contributed by atoms with Gasteiger partial charge in [0.25, 0.3) is 0 Å². The second kappa shape index (κ2) is 6.79. The number of nitrogens with one attached hydrogen (secondary N) is 1. The first kappa shape index (κ1) is 13.4. The zero-order valence-electron chi connectivity index (χ0n) is 9.83. The average Bonchev–Trinajstić information content (AvgIpc) is 2.11. The van der Waals surface area contributed by atoms with Gasteiger partial charge in [0.15, 0.2) is 0 Å². The fourth-order valence-corrected chi connectivity index (χ4v) is 1.44. The van der Waals surface area contributed by atoms with Crippen molar-refractivity contribution < 1.29 is 9.53 Å². The van der Waals surface area contributed by atoms with E-state index < -0.39 is 0 Å². The van der Waals surface area contributed by atoms with Gasteiger partial charge >= 0.3 is 5.97 Å². The first-order valence-electron chi connectivity index (χ1n) is 4.99. The molecule has 0 aliphatic carbocycles.